The van der Waals surface area contributed by atoms with E-state index in [-0.39, 0.29) is 0 Å². The van der Waals surface area contributed by atoms with Crippen molar-refractivity contribution in [3.63, 3.8) is 0 Å². The van der Waals surface area contributed by atoms with Gasteiger partial charge >= 0.3 is 5.92 Å². The summed E-state index contributed by atoms with van der Waals surface area (Å²) < 4.78 is 26.0. The minimum Gasteiger partial charge on any atom is -0.384 e. The third kappa shape index (κ3) is 3.55. The lowest BCUT2D eigenvalue weighted by Gasteiger charge is -2.08. The zero-order chi connectivity index (χ0) is 10.4. The van der Waals surface area contributed by atoms with Crippen LogP contribution in [0.4, 0.5) is 8.78 Å². The summed E-state index contributed by atoms with van der Waals surface area (Å²) in [5.41, 5.74) is 0.532. The fraction of sp³-hybridized carbons (Fsp3) is 0.273. The summed E-state index contributed by atoms with van der Waals surface area (Å²) in [6.45, 7) is -0.537. The molecule has 0 bridgehead atoms. The van der Waals surface area contributed by atoms with Gasteiger partial charge in [-0.3, -0.25) is 0 Å². The molecule has 0 unspecified atom stereocenters. The largest absolute Gasteiger partial charge is 0.384 e. The van der Waals surface area contributed by atoms with E-state index in [2.05, 4.69) is 0 Å². The van der Waals surface area contributed by atoms with Crippen molar-refractivity contribution in [2.75, 3.05) is 6.61 Å². The first kappa shape index (κ1) is 10.7. The van der Waals surface area contributed by atoms with Crippen LogP contribution in [0.5, 0.6) is 0 Å². The Labute approximate surface area is 81.4 Å². The van der Waals surface area contributed by atoms with Crippen molar-refractivity contribution < 1.29 is 13.9 Å². The number of aliphatic hydroxyl groups excluding tert-OH is 1. The summed E-state index contributed by atoms with van der Waals surface area (Å²) in [6.07, 6.45) is -0.416. The van der Waals surface area contributed by atoms with Gasteiger partial charge in [-0.15, -0.1) is 0 Å². The number of benzene rings is 1. The summed E-state index contributed by atoms with van der Waals surface area (Å²) in [4.78, 5) is 0. The summed E-state index contributed by atoms with van der Waals surface area (Å²) in [5.74, 6) is 0.623. The lowest BCUT2D eigenvalue weighted by Crippen LogP contribution is -2.16. The van der Waals surface area contributed by atoms with E-state index in [0.29, 0.717) is 5.56 Å². The van der Waals surface area contributed by atoms with Gasteiger partial charge in [0.15, 0.2) is 0 Å². The number of hydrogen-bond acceptors (Lipinski definition) is 1. The van der Waals surface area contributed by atoms with Gasteiger partial charge in [-0.05, 0) is 11.5 Å². The molecular formula is C11H10F2O. The van der Waals surface area contributed by atoms with E-state index in [1.54, 1.807) is 36.3 Å². The molecule has 74 valence electrons. The highest BCUT2D eigenvalue weighted by molar-refractivity contribution is 5.21. The van der Waals surface area contributed by atoms with Crippen molar-refractivity contribution in [2.24, 2.45) is 0 Å². The Morgan fingerprint density at radius 3 is 2.43 bits per heavy atom. The van der Waals surface area contributed by atoms with Gasteiger partial charge in [-0.2, -0.15) is 8.78 Å². The zero-order valence-electron chi connectivity index (χ0n) is 7.50. The fourth-order valence-corrected chi connectivity index (χ4v) is 1.07. The molecule has 0 heterocycles. The van der Waals surface area contributed by atoms with Crippen molar-refractivity contribution in [3.8, 4) is 11.8 Å². The lowest BCUT2D eigenvalue weighted by molar-refractivity contribution is 0.0668. The van der Waals surface area contributed by atoms with Gasteiger partial charge in [0.05, 0.1) is 0 Å². The first-order valence-corrected chi connectivity index (χ1v) is 4.17. The molecule has 0 fully saturated rings. The molecule has 0 spiro atoms. The van der Waals surface area contributed by atoms with E-state index in [0.717, 1.165) is 0 Å². The lowest BCUT2D eigenvalue weighted by atomic mass is 10.1. The van der Waals surface area contributed by atoms with E-state index in [1.807, 2.05) is 5.92 Å². The minimum atomic E-state index is -3.07. The summed E-state index contributed by atoms with van der Waals surface area (Å²) >= 11 is 0. The van der Waals surface area contributed by atoms with Gasteiger partial charge in [0.1, 0.15) is 6.61 Å². The summed E-state index contributed by atoms with van der Waals surface area (Å²) in [5, 5.41) is 8.29. The van der Waals surface area contributed by atoms with Gasteiger partial charge < -0.3 is 5.11 Å². The molecule has 0 amide bonds. The standard InChI is InChI=1S/C11H10F2O/c12-11(13,7-4-8-14)9-10-5-2-1-3-6-10/h1-3,5-6,14H,8-9H2. The Kier molecular flexibility index (Phi) is 3.61. The van der Waals surface area contributed by atoms with Gasteiger partial charge in [0, 0.05) is 6.42 Å². The third-order valence-corrected chi connectivity index (χ3v) is 1.62. The molecule has 1 N–H and O–H groups in total. The Balaban J connectivity index is 2.68. The van der Waals surface area contributed by atoms with Crippen LogP contribution >= 0.6 is 0 Å². The first-order valence-electron chi connectivity index (χ1n) is 4.17. The topological polar surface area (TPSA) is 20.2 Å². The number of hydrogen-bond donors (Lipinski definition) is 1. The van der Waals surface area contributed by atoms with Crippen LogP contribution in [0.25, 0.3) is 0 Å². The molecule has 1 aromatic rings. The van der Waals surface area contributed by atoms with Gasteiger partial charge in [0.25, 0.3) is 0 Å². The van der Waals surface area contributed by atoms with E-state index >= 15 is 0 Å². The molecule has 0 aliphatic carbocycles. The number of rotatable bonds is 2. The summed E-state index contributed by atoms with van der Waals surface area (Å²) in [7, 11) is 0. The van der Waals surface area contributed by atoms with Crippen LogP contribution in [0.2, 0.25) is 0 Å². The van der Waals surface area contributed by atoms with E-state index < -0.39 is 19.0 Å². The van der Waals surface area contributed by atoms with E-state index in [9.17, 15) is 8.78 Å². The molecule has 3 heteroatoms. The van der Waals surface area contributed by atoms with Crippen molar-refractivity contribution >= 4 is 0 Å². The van der Waals surface area contributed by atoms with Crippen LogP contribution in [0.3, 0.4) is 0 Å². The van der Waals surface area contributed by atoms with Crippen molar-refractivity contribution in [1.82, 2.24) is 0 Å². The molecule has 0 aliphatic heterocycles. The van der Waals surface area contributed by atoms with Crippen LogP contribution < -0.4 is 0 Å². The molecule has 1 aromatic carbocycles. The second-order valence-corrected chi connectivity index (χ2v) is 2.83. The predicted molar refractivity (Wildman–Crippen MR) is 50.0 cm³/mol. The molecule has 0 aromatic heterocycles. The quantitative estimate of drug-likeness (QED) is 0.716. The monoisotopic (exact) mass is 196 g/mol. The maximum Gasteiger partial charge on any atom is 0.312 e. The normalized spacial score (nSPS) is 10.5. The Hall–Kier alpha value is -1.40. The average molecular weight is 196 g/mol. The van der Waals surface area contributed by atoms with Crippen molar-refractivity contribution in [2.45, 2.75) is 12.3 Å². The Morgan fingerprint density at radius 2 is 1.86 bits per heavy atom. The fourth-order valence-electron chi connectivity index (χ4n) is 1.07. The van der Waals surface area contributed by atoms with Gasteiger partial charge in [-0.25, -0.2) is 0 Å². The predicted octanol–water partition coefficient (Wildman–Crippen LogP) is 1.86. The molecule has 0 saturated carbocycles. The van der Waals surface area contributed by atoms with Crippen LogP contribution in [-0.4, -0.2) is 17.6 Å². The number of aliphatic hydroxyl groups is 1. The highest BCUT2D eigenvalue weighted by Crippen LogP contribution is 2.18. The number of halogens is 2. The molecule has 0 atom stereocenters. The maximum absolute atomic E-state index is 13.0. The molecule has 1 rings (SSSR count). The van der Waals surface area contributed by atoms with Crippen LogP contribution in [0, 0.1) is 11.8 Å². The van der Waals surface area contributed by atoms with Crippen LogP contribution in [-0.2, 0) is 6.42 Å². The second-order valence-electron chi connectivity index (χ2n) is 2.83. The zero-order valence-corrected chi connectivity index (χ0v) is 7.50. The first-order chi connectivity index (χ1) is 6.64. The van der Waals surface area contributed by atoms with E-state index in [1.165, 1.54) is 0 Å². The molecular weight excluding hydrogens is 186 g/mol. The minimum absolute atomic E-state index is 0.416. The average Bonchev–Trinajstić information content (AvgIpc) is 2.16. The Morgan fingerprint density at radius 1 is 1.21 bits per heavy atom. The van der Waals surface area contributed by atoms with Crippen LogP contribution in [0.15, 0.2) is 30.3 Å². The summed E-state index contributed by atoms with van der Waals surface area (Å²) in [6, 6.07) is 8.40. The highest BCUT2D eigenvalue weighted by Gasteiger charge is 2.25. The van der Waals surface area contributed by atoms with E-state index in [4.69, 9.17) is 5.11 Å². The molecule has 0 aliphatic rings. The smallest absolute Gasteiger partial charge is 0.312 e. The van der Waals surface area contributed by atoms with Crippen LogP contribution in [0.1, 0.15) is 5.56 Å². The maximum atomic E-state index is 13.0. The molecule has 14 heavy (non-hydrogen) atoms. The van der Waals surface area contributed by atoms with Crippen molar-refractivity contribution in [1.29, 1.82) is 0 Å². The van der Waals surface area contributed by atoms with Gasteiger partial charge in [0.2, 0.25) is 0 Å². The molecule has 1 nitrogen and oxygen atoms in total. The molecule has 0 saturated heterocycles. The number of alkyl halides is 2. The van der Waals surface area contributed by atoms with Crippen molar-refractivity contribution in [3.05, 3.63) is 35.9 Å². The highest BCUT2D eigenvalue weighted by atomic mass is 19.3. The molecule has 0 radical (unpaired) electrons. The second kappa shape index (κ2) is 4.73. The Bertz CT molecular complexity index is 335. The SMILES string of the molecule is OCC#CC(F)(F)Cc1ccccc1. The van der Waals surface area contributed by atoms with Gasteiger partial charge in [-0.1, -0.05) is 36.3 Å². The third-order valence-electron chi connectivity index (χ3n) is 1.62.